The van der Waals surface area contributed by atoms with Gasteiger partial charge in [-0.3, -0.25) is 0 Å². The van der Waals surface area contributed by atoms with E-state index in [0.717, 1.165) is 28.3 Å². The molecule has 2 nitrogen and oxygen atoms in total. The van der Waals surface area contributed by atoms with E-state index in [1.807, 2.05) is 77.5 Å². The van der Waals surface area contributed by atoms with Crippen LogP contribution in [0.2, 0.25) is 0 Å². The summed E-state index contributed by atoms with van der Waals surface area (Å²) in [6.07, 6.45) is -4.44. The molecule has 0 aliphatic carbocycles. The number of nitrogens with zero attached hydrogens (tertiary/aromatic N) is 1. The van der Waals surface area contributed by atoms with E-state index in [0.29, 0.717) is 28.3 Å². The van der Waals surface area contributed by atoms with Crippen molar-refractivity contribution in [3.8, 4) is 50.5 Å². The maximum Gasteiger partial charge on any atom is 0.416 e. The summed E-state index contributed by atoms with van der Waals surface area (Å²) in [6.45, 7) is 0. The van der Waals surface area contributed by atoms with Crippen LogP contribution >= 0.6 is 11.3 Å². The van der Waals surface area contributed by atoms with Gasteiger partial charge in [0.1, 0.15) is 5.75 Å². The highest BCUT2D eigenvalue weighted by molar-refractivity contribution is 7.08. The van der Waals surface area contributed by atoms with Gasteiger partial charge in [0.15, 0.2) is 0 Å². The number of benzene rings is 3. The molecule has 0 unspecified atom stereocenters. The van der Waals surface area contributed by atoms with Crippen LogP contribution in [0.3, 0.4) is 0 Å². The van der Waals surface area contributed by atoms with Crippen molar-refractivity contribution in [2.24, 2.45) is 0 Å². The Morgan fingerprint density at radius 3 is 2.14 bits per heavy atom. The van der Waals surface area contributed by atoms with Gasteiger partial charge in [0.25, 0.3) is 0 Å². The van der Waals surface area contributed by atoms with Crippen molar-refractivity contribution in [3.05, 3.63) is 107 Å². The Labute approximate surface area is 205 Å². The predicted octanol–water partition coefficient (Wildman–Crippen LogP) is 8.84. The van der Waals surface area contributed by atoms with Crippen molar-refractivity contribution >= 4 is 11.3 Å². The lowest BCUT2D eigenvalue weighted by atomic mass is 9.90. The van der Waals surface area contributed by atoms with Crippen LogP contribution in [0, 0.1) is 0 Å². The Balaban J connectivity index is 1.83. The van der Waals surface area contributed by atoms with Crippen molar-refractivity contribution in [1.82, 2.24) is 4.98 Å². The summed E-state index contributed by atoms with van der Waals surface area (Å²) in [7, 11) is 1.60. The van der Waals surface area contributed by atoms with E-state index in [1.165, 1.54) is 23.5 Å². The van der Waals surface area contributed by atoms with E-state index in [4.69, 9.17) is 9.72 Å². The van der Waals surface area contributed by atoms with Crippen molar-refractivity contribution in [1.29, 1.82) is 0 Å². The predicted molar refractivity (Wildman–Crippen MR) is 135 cm³/mol. The van der Waals surface area contributed by atoms with Gasteiger partial charge in [0.2, 0.25) is 0 Å². The van der Waals surface area contributed by atoms with Gasteiger partial charge in [-0.2, -0.15) is 24.5 Å². The molecular weight excluding hydrogens is 467 g/mol. The second-order valence-corrected chi connectivity index (χ2v) is 8.74. The monoisotopic (exact) mass is 487 g/mol. The smallest absolute Gasteiger partial charge is 0.416 e. The van der Waals surface area contributed by atoms with Crippen LogP contribution in [0.1, 0.15) is 5.56 Å². The average molecular weight is 488 g/mol. The van der Waals surface area contributed by atoms with Crippen LogP contribution in [0.15, 0.2) is 102 Å². The van der Waals surface area contributed by atoms with Crippen LogP contribution in [0.5, 0.6) is 5.75 Å². The third-order valence-corrected chi connectivity index (χ3v) is 6.45. The first-order valence-electron chi connectivity index (χ1n) is 10.9. The van der Waals surface area contributed by atoms with E-state index in [-0.39, 0.29) is 0 Å². The summed E-state index contributed by atoms with van der Waals surface area (Å²) in [5.41, 5.74) is 5.30. The van der Waals surface area contributed by atoms with Gasteiger partial charge < -0.3 is 4.74 Å². The molecule has 0 aliphatic rings. The average Bonchev–Trinajstić information content (AvgIpc) is 3.43. The summed E-state index contributed by atoms with van der Waals surface area (Å²) in [4.78, 5) is 5.02. The van der Waals surface area contributed by atoms with Crippen LogP contribution in [-0.4, -0.2) is 12.1 Å². The third-order valence-electron chi connectivity index (χ3n) is 5.76. The van der Waals surface area contributed by atoms with Crippen molar-refractivity contribution in [3.63, 3.8) is 0 Å². The summed E-state index contributed by atoms with van der Waals surface area (Å²) in [6, 6.07) is 26.5. The number of methoxy groups -OCH3 is 1. The molecule has 0 bridgehead atoms. The summed E-state index contributed by atoms with van der Waals surface area (Å²) in [5.74, 6) is 0.713. The summed E-state index contributed by atoms with van der Waals surface area (Å²) < 4.78 is 46.1. The van der Waals surface area contributed by atoms with Gasteiger partial charge >= 0.3 is 6.18 Å². The Bertz CT molecular complexity index is 1440. The highest BCUT2D eigenvalue weighted by Gasteiger charge is 2.31. The van der Waals surface area contributed by atoms with Crippen LogP contribution in [0.4, 0.5) is 13.2 Å². The number of aromatic nitrogens is 1. The zero-order valence-electron chi connectivity index (χ0n) is 18.7. The minimum Gasteiger partial charge on any atom is -0.497 e. The van der Waals surface area contributed by atoms with Gasteiger partial charge in [-0.15, -0.1) is 0 Å². The Kier molecular flexibility index (Phi) is 6.14. The number of pyridine rings is 1. The van der Waals surface area contributed by atoms with Gasteiger partial charge in [0, 0.05) is 16.7 Å². The Morgan fingerprint density at radius 1 is 0.743 bits per heavy atom. The number of ether oxygens (including phenoxy) is 1. The SMILES string of the molecule is COc1ccc(-c2cc(-c3cccc(C(F)(F)F)c3)c(-c3ccsc3)c(-c3ccccc3)n2)cc1. The number of thiophene rings is 1. The van der Waals surface area contributed by atoms with E-state index in [1.54, 1.807) is 13.2 Å². The Hall–Kier alpha value is -3.90. The van der Waals surface area contributed by atoms with Crippen LogP contribution < -0.4 is 4.74 Å². The maximum absolute atomic E-state index is 13.6. The molecule has 0 aliphatic heterocycles. The van der Waals surface area contributed by atoms with Crippen molar-refractivity contribution in [2.45, 2.75) is 6.18 Å². The highest BCUT2D eigenvalue weighted by atomic mass is 32.1. The fourth-order valence-electron chi connectivity index (χ4n) is 4.05. The fourth-order valence-corrected chi connectivity index (χ4v) is 4.70. The van der Waals surface area contributed by atoms with Crippen LogP contribution in [0.25, 0.3) is 44.8 Å². The molecule has 0 fully saturated rings. The Morgan fingerprint density at radius 2 is 1.49 bits per heavy atom. The quantitative estimate of drug-likeness (QED) is 0.247. The van der Waals surface area contributed by atoms with Crippen LogP contribution in [-0.2, 0) is 6.18 Å². The zero-order valence-corrected chi connectivity index (χ0v) is 19.5. The van der Waals surface area contributed by atoms with E-state index < -0.39 is 11.7 Å². The van der Waals surface area contributed by atoms with Crippen molar-refractivity contribution in [2.75, 3.05) is 7.11 Å². The molecule has 0 amide bonds. The second kappa shape index (κ2) is 9.39. The molecule has 5 rings (SSSR count). The number of rotatable bonds is 5. The molecule has 6 heteroatoms. The summed E-state index contributed by atoms with van der Waals surface area (Å²) >= 11 is 1.53. The van der Waals surface area contributed by atoms with Gasteiger partial charge in [-0.1, -0.05) is 42.5 Å². The van der Waals surface area contributed by atoms with Crippen molar-refractivity contribution < 1.29 is 17.9 Å². The molecule has 0 radical (unpaired) electrons. The first-order valence-corrected chi connectivity index (χ1v) is 11.8. The van der Waals surface area contributed by atoms with E-state index in [2.05, 4.69) is 0 Å². The maximum atomic E-state index is 13.6. The number of alkyl halides is 3. The molecule has 35 heavy (non-hydrogen) atoms. The minimum absolute atomic E-state index is 0.482. The molecule has 2 heterocycles. The number of hydrogen-bond acceptors (Lipinski definition) is 3. The number of halogens is 3. The highest BCUT2D eigenvalue weighted by Crippen LogP contribution is 2.43. The molecule has 3 aromatic carbocycles. The zero-order chi connectivity index (χ0) is 24.4. The van der Waals surface area contributed by atoms with Gasteiger partial charge in [0.05, 0.1) is 24.1 Å². The normalized spacial score (nSPS) is 11.4. The molecule has 5 aromatic rings. The molecule has 0 spiro atoms. The number of hydrogen-bond donors (Lipinski definition) is 0. The lowest BCUT2D eigenvalue weighted by Crippen LogP contribution is -2.05. The molecule has 0 atom stereocenters. The standard InChI is InChI=1S/C29H20F3NOS/c1-34-24-12-10-19(11-13-24)26-17-25(21-8-5-9-23(16-21)29(30,31)32)27(22-14-15-35-18-22)28(33-26)20-6-3-2-4-7-20/h2-18H,1H3. The van der Waals surface area contributed by atoms with Gasteiger partial charge in [-0.25, -0.2) is 4.98 Å². The lowest BCUT2D eigenvalue weighted by molar-refractivity contribution is -0.137. The molecular formula is C29H20F3NOS. The lowest BCUT2D eigenvalue weighted by Gasteiger charge is -2.18. The van der Waals surface area contributed by atoms with E-state index in [9.17, 15) is 13.2 Å². The second-order valence-electron chi connectivity index (χ2n) is 7.96. The third kappa shape index (κ3) is 4.70. The first kappa shape index (κ1) is 22.9. The largest absolute Gasteiger partial charge is 0.497 e. The molecule has 0 saturated heterocycles. The fraction of sp³-hybridized carbons (Fsp3) is 0.0690. The topological polar surface area (TPSA) is 22.1 Å². The molecule has 0 N–H and O–H groups in total. The molecule has 0 saturated carbocycles. The minimum atomic E-state index is -4.44. The van der Waals surface area contributed by atoms with Gasteiger partial charge in [-0.05, 0) is 76.0 Å². The molecule has 174 valence electrons. The molecule has 2 aromatic heterocycles. The summed E-state index contributed by atoms with van der Waals surface area (Å²) in [5, 5.41) is 3.95. The first-order chi connectivity index (χ1) is 16.9. The van der Waals surface area contributed by atoms with E-state index >= 15 is 0 Å².